The highest BCUT2D eigenvalue weighted by Crippen LogP contribution is 2.34. The molecule has 1 N–H and O–H groups in total. The molecule has 172 valence electrons. The zero-order chi connectivity index (χ0) is 22.2. The monoisotopic (exact) mass is 443 g/mol. The number of hydrogen-bond donors (Lipinski definition) is 1. The largest absolute Gasteiger partial charge is 0.365 e. The van der Waals surface area contributed by atoms with Crippen molar-refractivity contribution in [3.05, 3.63) is 6.33 Å². The number of piperidine rings is 2. The molecule has 2 aromatic rings. The standard InChI is InChI=1S/C20H29F4N7/c1-20(23,24)13-3-9-31(10-4-13)19-27-17(16-18(28-19)29(2)12-25-16)26-14-5-7-30(8-6-14)11-15(21)22/h12-15H,3-11H2,1-2H3,(H,26,27,28). The first-order valence-electron chi connectivity index (χ1n) is 10.8. The fourth-order valence-electron chi connectivity index (χ4n) is 4.47. The highest BCUT2D eigenvalue weighted by Gasteiger charge is 2.37. The number of rotatable bonds is 6. The zero-order valence-electron chi connectivity index (χ0n) is 17.9. The lowest BCUT2D eigenvalue weighted by Crippen LogP contribution is -2.41. The number of anilines is 2. The SMILES string of the molecule is Cn1cnc2c(NC3CCN(CC(F)F)CC3)nc(N3CCC(C(C)(F)F)CC3)nc21. The molecular weight excluding hydrogens is 414 g/mol. The summed E-state index contributed by atoms with van der Waals surface area (Å²) in [4.78, 5) is 17.5. The van der Waals surface area contributed by atoms with Gasteiger partial charge in [-0.2, -0.15) is 9.97 Å². The molecule has 0 atom stereocenters. The summed E-state index contributed by atoms with van der Waals surface area (Å²) in [6.07, 6.45) is 1.60. The lowest BCUT2D eigenvalue weighted by Gasteiger charge is -2.35. The molecule has 0 unspecified atom stereocenters. The summed E-state index contributed by atoms with van der Waals surface area (Å²) in [5.41, 5.74) is 1.32. The van der Waals surface area contributed by atoms with E-state index in [-0.39, 0.29) is 12.6 Å². The van der Waals surface area contributed by atoms with Crippen LogP contribution in [0.3, 0.4) is 0 Å². The van der Waals surface area contributed by atoms with E-state index in [1.807, 2.05) is 16.5 Å². The van der Waals surface area contributed by atoms with E-state index < -0.39 is 18.3 Å². The molecule has 0 bridgehead atoms. The summed E-state index contributed by atoms with van der Waals surface area (Å²) in [5, 5.41) is 3.44. The molecule has 11 heteroatoms. The average Bonchev–Trinajstić information content (AvgIpc) is 3.10. The molecule has 2 aromatic heterocycles. The van der Waals surface area contributed by atoms with Gasteiger partial charge in [-0.15, -0.1) is 0 Å². The highest BCUT2D eigenvalue weighted by molar-refractivity contribution is 5.84. The third-order valence-electron chi connectivity index (χ3n) is 6.37. The van der Waals surface area contributed by atoms with Crippen molar-refractivity contribution in [3.8, 4) is 0 Å². The van der Waals surface area contributed by atoms with E-state index in [2.05, 4.69) is 15.3 Å². The minimum Gasteiger partial charge on any atom is -0.365 e. The van der Waals surface area contributed by atoms with Crippen molar-refractivity contribution in [2.75, 3.05) is 42.9 Å². The Morgan fingerprint density at radius 2 is 1.77 bits per heavy atom. The van der Waals surface area contributed by atoms with Crippen LogP contribution in [-0.2, 0) is 7.05 Å². The van der Waals surface area contributed by atoms with Crippen LogP contribution >= 0.6 is 0 Å². The molecule has 4 rings (SSSR count). The van der Waals surface area contributed by atoms with E-state index in [9.17, 15) is 17.6 Å². The molecule has 4 heterocycles. The van der Waals surface area contributed by atoms with Gasteiger partial charge in [-0.1, -0.05) is 0 Å². The molecule has 0 radical (unpaired) electrons. The smallest absolute Gasteiger partial charge is 0.251 e. The van der Waals surface area contributed by atoms with Gasteiger partial charge in [0.15, 0.2) is 17.0 Å². The van der Waals surface area contributed by atoms with Crippen molar-refractivity contribution in [2.24, 2.45) is 13.0 Å². The fourth-order valence-corrected chi connectivity index (χ4v) is 4.47. The Labute approximate surface area is 178 Å². The number of alkyl halides is 4. The van der Waals surface area contributed by atoms with Crippen LogP contribution in [0.15, 0.2) is 6.33 Å². The van der Waals surface area contributed by atoms with Gasteiger partial charge >= 0.3 is 0 Å². The summed E-state index contributed by atoms with van der Waals surface area (Å²) in [6.45, 7) is 2.95. The van der Waals surface area contributed by atoms with Crippen molar-refractivity contribution in [1.82, 2.24) is 24.4 Å². The fraction of sp³-hybridized carbons (Fsp3) is 0.750. The van der Waals surface area contributed by atoms with Gasteiger partial charge in [0, 0.05) is 45.2 Å². The molecule has 2 saturated heterocycles. The van der Waals surface area contributed by atoms with Crippen LogP contribution in [0.2, 0.25) is 0 Å². The molecule has 0 aromatic carbocycles. The Bertz CT molecular complexity index is 882. The summed E-state index contributed by atoms with van der Waals surface area (Å²) in [6, 6.07) is 0.103. The van der Waals surface area contributed by atoms with Crippen molar-refractivity contribution >= 4 is 22.9 Å². The zero-order valence-corrected chi connectivity index (χ0v) is 17.9. The maximum Gasteiger partial charge on any atom is 0.251 e. The van der Waals surface area contributed by atoms with Crippen LogP contribution in [-0.4, -0.2) is 75.5 Å². The van der Waals surface area contributed by atoms with Crippen molar-refractivity contribution in [3.63, 3.8) is 0 Å². The minimum absolute atomic E-state index is 0.103. The predicted molar refractivity (Wildman–Crippen MR) is 111 cm³/mol. The Morgan fingerprint density at radius 3 is 2.39 bits per heavy atom. The van der Waals surface area contributed by atoms with Gasteiger partial charge in [-0.05, 0) is 32.6 Å². The van der Waals surface area contributed by atoms with Crippen LogP contribution in [0.5, 0.6) is 0 Å². The van der Waals surface area contributed by atoms with Gasteiger partial charge in [-0.3, -0.25) is 4.90 Å². The second kappa shape index (κ2) is 8.76. The number of aryl methyl sites for hydroxylation is 1. The summed E-state index contributed by atoms with van der Waals surface area (Å²) >= 11 is 0. The molecule has 2 aliphatic heterocycles. The van der Waals surface area contributed by atoms with E-state index in [1.165, 1.54) is 0 Å². The maximum absolute atomic E-state index is 13.7. The Balaban J connectivity index is 1.49. The van der Waals surface area contributed by atoms with Gasteiger partial charge in [0.25, 0.3) is 6.43 Å². The molecular formula is C20H29F4N7. The van der Waals surface area contributed by atoms with Crippen LogP contribution in [0, 0.1) is 5.92 Å². The number of nitrogens with zero attached hydrogens (tertiary/aromatic N) is 6. The predicted octanol–water partition coefficient (Wildman–Crippen LogP) is 3.38. The molecule has 7 nitrogen and oxygen atoms in total. The van der Waals surface area contributed by atoms with E-state index in [4.69, 9.17) is 4.98 Å². The summed E-state index contributed by atoms with van der Waals surface area (Å²) in [5.74, 6) is -2.19. The van der Waals surface area contributed by atoms with Crippen LogP contribution in [0.1, 0.15) is 32.6 Å². The normalized spacial score (nSPS) is 20.2. The van der Waals surface area contributed by atoms with Crippen molar-refractivity contribution in [1.29, 1.82) is 0 Å². The van der Waals surface area contributed by atoms with Gasteiger partial charge in [0.1, 0.15) is 0 Å². The number of imidazole rings is 1. The first kappa shape index (κ1) is 22.0. The minimum atomic E-state index is -2.68. The van der Waals surface area contributed by atoms with Gasteiger partial charge in [0.05, 0.1) is 12.9 Å². The summed E-state index contributed by atoms with van der Waals surface area (Å²) in [7, 11) is 1.85. The first-order chi connectivity index (χ1) is 14.7. The Kier molecular flexibility index (Phi) is 6.23. The quantitative estimate of drug-likeness (QED) is 0.691. The molecule has 0 amide bonds. The molecule has 0 aliphatic carbocycles. The topological polar surface area (TPSA) is 62.1 Å². The van der Waals surface area contributed by atoms with Gasteiger partial charge in [-0.25, -0.2) is 22.5 Å². The number of hydrogen-bond acceptors (Lipinski definition) is 6. The Morgan fingerprint density at radius 1 is 1.10 bits per heavy atom. The van der Waals surface area contributed by atoms with Crippen LogP contribution in [0.4, 0.5) is 29.3 Å². The molecule has 31 heavy (non-hydrogen) atoms. The lowest BCUT2D eigenvalue weighted by molar-refractivity contribution is -0.0482. The van der Waals surface area contributed by atoms with E-state index >= 15 is 0 Å². The number of halogens is 4. The van der Waals surface area contributed by atoms with Crippen molar-refractivity contribution < 1.29 is 17.6 Å². The van der Waals surface area contributed by atoms with Crippen molar-refractivity contribution in [2.45, 2.75) is 51.0 Å². The van der Waals surface area contributed by atoms with E-state index in [0.717, 1.165) is 19.8 Å². The second-order valence-corrected chi connectivity index (χ2v) is 8.73. The number of nitrogens with one attached hydrogen (secondary N) is 1. The third kappa shape index (κ3) is 5.02. The molecule has 0 spiro atoms. The highest BCUT2D eigenvalue weighted by atomic mass is 19.3. The Hall–Kier alpha value is -2.17. The van der Waals surface area contributed by atoms with E-state index in [0.29, 0.717) is 62.0 Å². The van der Waals surface area contributed by atoms with Crippen LogP contribution < -0.4 is 10.2 Å². The molecule has 2 fully saturated rings. The molecule has 2 aliphatic rings. The van der Waals surface area contributed by atoms with Gasteiger partial charge in [0.2, 0.25) is 11.9 Å². The van der Waals surface area contributed by atoms with Crippen LogP contribution in [0.25, 0.3) is 11.2 Å². The lowest BCUT2D eigenvalue weighted by atomic mass is 9.91. The first-order valence-corrected chi connectivity index (χ1v) is 10.8. The second-order valence-electron chi connectivity index (χ2n) is 8.73. The number of fused-ring (bicyclic) bond motifs is 1. The van der Waals surface area contributed by atoms with E-state index in [1.54, 1.807) is 11.2 Å². The summed E-state index contributed by atoms with van der Waals surface area (Å²) < 4.78 is 54.4. The maximum atomic E-state index is 13.7. The van der Waals surface area contributed by atoms with Gasteiger partial charge < -0.3 is 14.8 Å². The third-order valence-corrected chi connectivity index (χ3v) is 6.37. The molecule has 0 saturated carbocycles. The number of likely N-dealkylation sites (tertiary alicyclic amines) is 1. The number of aromatic nitrogens is 4. The average molecular weight is 443 g/mol.